The van der Waals surface area contributed by atoms with Gasteiger partial charge >= 0.3 is 0 Å². The summed E-state index contributed by atoms with van der Waals surface area (Å²) in [5, 5.41) is 3.96. The van der Waals surface area contributed by atoms with Crippen molar-refractivity contribution in [1.29, 1.82) is 0 Å². The molecule has 1 saturated heterocycles. The van der Waals surface area contributed by atoms with E-state index in [1.165, 1.54) is 0 Å². The maximum atomic E-state index is 12.1. The summed E-state index contributed by atoms with van der Waals surface area (Å²) >= 11 is 0. The Bertz CT molecular complexity index is 547. The fraction of sp³-hybridized carbons (Fsp3) is 0.733. The van der Waals surface area contributed by atoms with E-state index in [1.54, 1.807) is 4.90 Å². The topological polar surface area (TPSA) is 102 Å². The first-order valence-electron chi connectivity index (χ1n) is 7.67. The van der Waals surface area contributed by atoms with Crippen LogP contribution < -0.4 is 5.73 Å². The molecule has 0 aromatic carbocycles. The van der Waals surface area contributed by atoms with E-state index in [9.17, 15) is 9.59 Å². The highest BCUT2D eigenvalue weighted by Crippen LogP contribution is 2.20. The molecule has 2 rings (SSSR count). The second-order valence-electron chi connectivity index (χ2n) is 6.84. The summed E-state index contributed by atoms with van der Waals surface area (Å²) in [4.78, 5) is 29.2. The van der Waals surface area contributed by atoms with Gasteiger partial charge in [-0.05, 0) is 12.8 Å². The quantitative estimate of drug-likeness (QED) is 0.875. The van der Waals surface area contributed by atoms with Gasteiger partial charge in [-0.3, -0.25) is 9.59 Å². The van der Waals surface area contributed by atoms with Crippen LogP contribution in [0.1, 0.15) is 51.7 Å². The predicted molar refractivity (Wildman–Crippen MR) is 79.8 cm³/mol. The zero-order valence-electron chi connectivity index (χ0n) is 13.5. The molecular formula is C15H24N4O3. The third kappa shape index (κ3) is 4.05. The van der Waals surface area contributed by atoms with Gasteiger partial charge in [-0.15, -0.1) is 0 Å². The summed E-state index contributed by atoms with van der Waals surface area (Å²) in [6.07, 6.45) is 2.32. The molecule has 1 aromatic rings. The van der Waals surface area contributed by atoms with Crippen molar-refractivity contribution in [2.75, 3.05) is 13.1 Å². The van der Waals surface area contributed by atoms with Gasteiger partial charge in [0.2, 0.25) is 17.7 Å². The number of aryl methyl sites for hydroxylation is 1. The highest BCUT2D eigenvalue weighted by molar-refractivity contribution is 5.81. The van der Waals surface area contributed by atoms with E-state index in [1.807, 2.05) is 20.8 Å². The van der Waals surface area contributed by atoms with Crippen LogP contribution in [0.25, 0.3) is 0 Å². The Hall–Kier alpha value is -1.92. The molecule has 0 spiro atoms. The van der Waals surface area contributed by atoms with Crippen LogP contribution in [0.4, 0.5) is 0 Å². The summed E-state index contributed by atoms with van der Waals surface area (Å²) in [6.45, 7) is 7.12. The number of primary amides is 1. The first-order chi connectivity index (χ1) is 10.3. The molecule has 2 heterocycles. The van der Waals surface area contributed by atoms with Crippen molar-refractivity contribution in [2.45, 2.75) is 51.9 Å². The molecule has 0 radical (unpaired) electrons. The van der Waals surface area contributed by atoms with E-state index >= 15 is 0 Å². The summed E-state index contributed by atoms with van der Waals surface area (Å²) in [5.74, 6) is 0.774. The molecule has 1 atom stereocenters. The van der Waals surface area contributed by atoms with Crippen LogP contribution in [-0.4, -0.2) is 39.9 Å². The molecule has 7 nitrogen and oxygen atoms in total. The van der Waals surface area contributed by atoms with Crippen molar-refractivity contribution in [3.63, 3.8) is 0 Å². The van der Waals surface area contributed by atoms with Gasteiger partial charge in [0.1, 0.15) is 0 Å². The Kier molecular flexibility index (Phi) is 4.83. The number of rotatable bonds is 5. The molecule has 1 fully saturated rings. The van der Waals surface area contributed by atoms with Crippen LogP contribution in [0.3, 0.4) is 0 Å². The lowest BCUT2D eigenvalue weighted by Crippen LogP contribution is -2.31. The normalized spacial score (nSPS) is 18.7. The lowest BCUT2D eigenvalue weighted by Gasteiger charge is -2.15. The smallest absolute Gasteiger partial charge is 0.226 e. The number of nitrogens with zero attached hydrogens (tertiary/aromatic N) is 3. The molecule has 2 amide bonds. The Labute approximate surface area is 130 Å². The Morgan fingerprint density at radius 1 is 1.41 bits per heavy atom. The van der Waals surface area contributed by atoms with E-state index in [0.29, 0.717) is 50.5 Å². The number of likely N-dealkylation sites (tertiary alicyclic amines) is 1. The molecule has 0 unspecified atom stereocenters. The van der Waals surface area contributed by atoms with E-state index in [-0.39, 0.29) is 23.1 Å². The minimum absolute atomic E-state index is 0.0549. The monoisotopic (exact) mass is 308 g/mol. The molecule has 0 saturated carbocycles. The predicted octanol–water partition coefficient (Wildman–Crippen LogP) is 1.02. The van der Waals surface area contributed by atoms with Crippen molar-refractivity contribution in [3.05, 3.63) is 11.7 Å². The number of aromatic nitrogens is 2. The molecule has 2 N–H and O–H groups in total. The van der Waals surface area contributed by atoms with Gasteiger partial charge < -0.3 is 15.2 Å². The lowest BCUT2D eigenvalue weighted by atomic mass is 9.96. The van der Waals surface area contributed by atoms with Crippen molar-refractivity contribution < 1.29 is 14.1 Å². The maximum absolute atomic E-state index is 12.1. The molecule has 0 aliphatic carbocycles. The zero-order valence-corrected chi connectivity index (χ0v) is 13.5. The summed E-state index contributed by atoms with van der Waals surface area (Å²) in [7, 11) is 0. The molecule has 1 aliphatic rings. The van der Waals surface area contributed by atoms with Crippen LogP contribution in [0.5, 0.6) is 0 Å². The molecule has 1 aliphatic heterocycles. The minimum Gasteiger partial charge on any atom is -0.369 e. The van der Waals surface area contributed by atoms with Crippen molar-refractivity contribution in [2.24, 2.45) is 11.7 Å². The lowest BCUT2D eigenvalue weighted by molar-refractivity contribution is -0.130. The highest BCUT2D eigenvalue weighted by atomic mass is 16.5. The van der Waals surface area contributed by atoms with Gasteiger partial charge in [0.15, 0.2) is 5.82 Å². The van der Waals surface area contributed by atoms with Crippen LogP contribution >= 0.6 is 0 Å². The summed E-state index contributed by atoms with van der Waals surface area (Å²) < 4.78 is 5.20. The molecule has 1 aromatic heterocycles. The van der Waals surface area contributed by atoms with Gasteiger partial charge in [-0.25, -0.2) is 0 Å². The van der Waals surface area contributed by atoms with Crippen molar-refractivity contribution in [3.8, 4) is 0 Å². The molecular weight excluding hydrogens is 284 g/mol. The average Bonchev–Trinajstić information content (AvgIpc) is 3.07. The highest BCUT2D eigenvalue weighted by Gasteiger charge is 2.29. The van der Waals surface area contributed by atoms with Gasteiger partial charge in [0, 0.05) is 31.3 Å². The first kappa shape index (κ1) is 16.5. The number of hydrogen-bond acceptors (Lipinski definition) is 5. The fourth-order valence-corrected chi connectivity index (χ4v) is 2.43. The van der Waals surface area contributed by atoms with Crippen LogP contribution in [-0.2, 0) is 21.4 Å². The largest absolute Gasteiger partial charge is 0.369 e. The Morgan fingerprint density at radius 3 is 2.68 bits per heavy atom. The van der Waals surface area contributed by atoms with Crippen LogP contribution in [0.15, 0.2) is 4.52 Å². The van der Waals surface area contributed by atoms with E-state index in [0.717, 1.165) is 0 Å². The Balaban J connectivity index is 1.76. The number of hydrogen-bond donors (Lipinski definition) is 1. The fourth-order valence-electron chi connectivity index (χ4n) is 2.43. The van der Waals surface area contributed by atoms with E-state index in [2.05, 4.69) is 10.1 Å². The third-order valence-corrected chi connectivity index (χ3v) is 3.86. The molecule has 22 heavy (non-hydrogen) atoms. The number of carbonyl (C=O) groups excluding carboxylic acids is 2. The van der Waals surface area contributed by atoms with Gasteiger partial charge in [-0.1, -0.05) is 25.9 Å². The maximum Gasteiger partial charge on any atom is 0.226 e. The number of carbonyl (C=O) groups is 2. The second kappa shape index (κ2) is 6.46. The van der Waals surface area contributed by atoms with Crippen molar-refractivity contribution in [1.82, 2.24) is 15.0 Å². The zero-order chi connectivity index (χ0) is 16.3. The number of nitrogens with two attached hydrogens (primary N) is 1. The minimum atomic E-state index is -0.323. The molecule has 122 valence electrons. The standard InChI is InChI=1S/C15H24N4O3/c1-15(2,3)14-17-11(22-18-14)5-4-6-12(20)19-8-7-10(9-19)13(16)21/h10H,4-9H2,1-3H3,(H2,16,21)/t10-/m0/s1. The van der Waals surface area contributed by atoms with Gasteiger partial charge in [0.05, 0.1) is 5.92 Å². The summed E-state index contributed by atoms with van der Waals surface area (Å²) in [5.41, 5.74) is 5.13. The average molecular weight is 308 g/mol. The van der Waals surface area contributed by atoms with Crippen molar-refractivity contribution >= 4 is 11.8 Å². The van der Waals surface area contributed by atoms with Gasteiger partial charge in [0.25, 0.3) is 0 Å². The third-order valence-electron chi connectivity index (χ3n) is 3.86. The molecule has 7 heteroatoms. The first-order valence-corrected chi connectivity index (χ1v) is 7.67. The van der Waals surface area contributed by atoms with Gasteiger partial charge in [-0.2, -0.15) is 4.98 Å². The number of amides is 2. The van der Waals surface area contributed by atoms with Crippen LogP contribution in [0.2, 0.25) is 0 Å². The van der Waals surface area contributed by atoms with E-state index in [4.69, 9.17) is 10.3 Å². The second-order valence-corrected chi connectivity index (χ2v) is 6.84. The summed E-state index contributed by atoms with van der Waals surface area (Å²) in [6, 6.07) is 0. The SMILES string of the molecule is CC(C)(C)c1noc(CCCC(=O)N2CC[C@H](C(N)=O)C2)n1. The van der Waals surface area contributed by atoms with Crippen LogP contribution in [0, 0.1) is 5.92 Å². The van der Waals surface area contributed by atoms with E-state index < -0.39 is 0 Å². The Morgan fingerprint density at radius 2 is 2.14 bits per heavy atom. The molecule has 0 bridgehead atoms.